The van der Waals surface area contributed by atoms with Gasteiger partial charge in [0.1, 0.15) is 0 Å². The Morgan fingerprint density at radius 3 is 2.27 bits per heavy atom. The molecule has 0 aromatic rings. The number of hydrogen-bond acceptors (Lipinski definition) is 0. The number of rotatable bonds is 2. The molecule has 0 aliphatic heterocycles. The van der Waals surface area contributed by atoms with Crippen LogP contribution in [0.15, 0.2) is 0 Å². The molecule has 2 unspecified atom stereocenters. The summed E-state index contributed by atoms with van der Waals surface area (Å²) < 4.78 is 0. The molecule has 2 atom stereocenters. The Kier molecular flexibility index (Phi) is 2.61. The molecule has 0 N–H and O–H groups in total. The maximum atomic E-state index is 2.43. The average molecular weight is 154 g/mol. The van der Waals surface area contributed by atoms with Gasteiger partial charge < -0.3 is 0 Å². The summed E-state index contributed by atoms with van der Waals surface area (Å²) in [5.74, 6) is 2.00. The summed E-state index contributed by atoms with van der Waals surface area (Å²) in [5, 5.41) is 0. The summed E-state index contributed by atoms with van der Waals surface area (Å²) in [6.07, 6.45) is 5.72. The quantitative estimate of drug-likeness (QED) is 0.566. The van der Waals surface area contributed by atoms with E-state index in [2.05, 4.69) is 27.7 Å². The molecule has 0 heterocycles. The lowest BCUT2D eigenvalue weighted by atomic mass is 9.90. The Balaban J connectivity index is 2.45. The van der Waals surface area contributed by atoms with Gasteiger partial charge >= 0.3 is 0 Å². The van der Waals surface area contributed by atoms with E-state index in [0.717, 1.165) is 11.8 Å². The topological polar surface area (TPSA) is 0 Å². The van der Waals surface area contributed by atoms with Crippen LogP contribution in [-0.2, 0) is 0 Å². The van der Waals surface area contributed by atoms with Crippen molar-refractivity contribution in [2.24, 2.45) is 17.3 Å². The molecule has 0 bridgehead atoms. The summed E-state index contributed by atoms with van der Waals surface area (Å²) in [7, 11) is 0. The fraction of sp³-hybridized carbons (Fsp3) is 1.00. The van der Waals surface area contributed by atoms with Crippen LogP contribution in [0.5, 0.6) is 0 Å². The maximum absolute atomic E-state index is 2.43. The van der Waals surface area contributed by atoms with Crippen molar-refractivity contribution in [1.29, 1.82) is 0 Å². The standard InChI is InChI=1S/C11H22/c1-5-6-10-8-11(3,4)7-9(10)2/h9-10H,5-8H2,1-4H3. The molecule has 0 nitrogen and oxygen atoms in total. The Morgan fingerprint density at radius 2 is 1.91 bits per heavy atom. The van der Waals surface area contributed by atoms with Crippen LogP contribution in [0.3, 0.4) is 0 Å². The van der Waals surface area contributed by atoms with Gasteiger partial charge in [0.15, 0.2) is 0 Å². The van der Waals surface area contributed by atoms with Gasteiger partial charge in [-0.1, -0.05) is 40.5 Å². The molecule has 0 radical (unpaired) electrons. The SMILES string of the molecule is CCCC1CC(C)(C)CC1C. The lowest BCUT2D eigenvalue weighted by Gasteiger charge is -2.16. The van der Waals surface area contributed by atoms with E-state index < -0.39 is 0 Å². The zero-order valence-electron chi connectivity index (χ0n) is 8.48. The average Bonchev–Trinajstić information content (AvgIpc) is 2.07. The van der Waals surface area contributed by atoms with Gasteiger partial charge in [0, 0.05) is 0 Å². The number of hydrogen-bond donors (Lipinski definition) is 0. The van der Waals surface area contributed by atoms with Crippen LogP contribution in [0.1, 0.15) is 53.4 Å². The van der Waals surface area contributed by atoms with Crippen molar-refractivity contribution in [2.75, 3.05) is 0 Å². The molecule has 1 rings (SSSR count). The predicted octanol–water partition coefficient (Wildman–Crippen LogP) is 3.86. The molecule has 0 heteroatoms. The third kappa shape index (κ3) is 2.21. The minimum atomic E-state index is 0.638. The lowest BCUT2D eigenvalue weighted by molar-refractivity contribution is 0.353. The van der Waals surface area contributed by atoms with Crippen molar-refractivity contribution in [3.63, 3.8) is 0 Å². The van der Waals surface area contributed by atoms with Crippen molar-refractivity contribution >= 4 is 0 Å². The van der Waals surface area contributed by atoms with Gasteiger partial charge in [-0.25, -0.2) is 0 Å². The first-order valence-electron chi connectivity index (χ1n) is 5.05. The summed E-state index contributed by atoms with van der Waals surface area (Å²) in [5.41, 5.74) is 0.638. The van der Waals surface area contributed by atoms with Crippen molar-refractivity contribution in [2.45, 2.75) is 53.4 Å². The molecule has 0 aromatic heterocycles. The molecular weight excluding hydrogens is 132 g/mol. The smallest absolute Gasteiger partial charge is 0.0349 e. The maximum Gasteiger partial charge on any atom is -0.0349 e. The molecule has 1 saturated carbocycles. The van der Waals surface area contributed by atoms with Crippen LogP contribution in [0.2, 0.25) is 0 Å². The van der Waals surface area contributed by atoms with Gasteiger partial charge in [0.2, 0.25) is 0 Å². The largest absolute Gasteiger partial charge is 0.0654 e. The summed E-state index contributed by atoms with van der Waals surface area (Å²) in [6.45, 7) is 9.56. The molecule has 0 aromatic carbocycles. The Morgan fingerprint density at radius 1 is 1.27 bits per heavy atom. The van der Waals surface area contributed by atoms with Gasteiger partial charge in [0.05, 0.1) is 0 Å². The Hall–Kier alpha value is 0. The second-order valence-electron chi connectivity index (χ2n) is 5.10. The van der Waals surface area contributed by atoms with E-state index in [4.69, 9.17) is 0 Å². The van der Waals surface area contributed by atoms with Crippen molar-refractivity contribution in [3.05, 3.63) is 0 Å². The first-order chi connectivity index (χ1) is 5.05. The molecule has 0 amide bonds. The van der Waals surface area contributed by atoms with E-state index in [0.29, 0.717) is 5.41 Å². The van der Waals surface area contributed by atoms with Crippen LogP contribution in [0, 0.1) is 17.3 Å². The fourth-order valence-electron chi connectivity index (χ4n) is 2.79. The zero-order valence-corrected chi connectivity index (χ0v) is 8.48. The second-order valence-corrected chi connectivity index (χ2v) is 5.10. The first-order valence-corrected chi connectivity index (χ1v) is 5.05. The predicted molar refractivity (Wildman–Crippen MR) is 50.6 cm³/mol. The fourth-order valence-corrected chi connectivity index (χ4v) is 2.79. The minimum absolute atomic E-state index is 0.638. The Bertz CT molecular complexity index is 124. The highest BCUT2D eigenvalue weighted by Gasteiger charge is 2.35. The van der Waals surface area contributed by atoms with Crippen LogP contribution in [-0.4, -0.2) is 0 Å². The van der Waals surface area contributed by atoms with Gasteiger partial charge in [0.25, 0.3) is 0 Å². The van der Waals surface area contributed by atoms with Gasteiger partial charge in [-0.3, -0.25) is 0 Å². The molecule has 11 heavy (non-hydrogen) atoms. The molecule has 1 fully saturated rings. The van der Waals surface area contributed by atoms with Crippen LogP contribution in [0.4, 0.5) is 0 Å². The highest BCUT2D eigenvalue weighted by molar-refractivity contribution is 4.86. The highest BCUT2D eigenvalue weighted by Crippen LogP contribution is 2.46. The van der Waals surface area contributed by atoms with Gasteiger partial charge in [-0.05, 0) is 30.1 Å². The monoisotopic (exact) mass is 154 g/mol. The van der Waals surface area contributed by atoms with E-state index in [1.54, 1.807) is 0 Å². The minimum Gasteiger partial charge on any atom is -0.0654 e. The second kappa shape index (κ2) is 3.16. The lowest BCUT2D eigenvalue weighted by Crippen LogP contribution is -2.04. The summed E-state index contributed by atoms with van der Waals surface area (Å²) in [4.78, 5) is 0. The van der Waals surface area contributed by atoms with Crippen molar-refractivity contribution in [3.8, 4) is 0 Å². The molecule has 0 saturated heterocycles. The first kappa shape index (κ1) is 9.09. The normalized spacial score (nSPS) is 36.0. The third-order valence-electron chi connectivity index (χ3n) is 3.15. The molecule has 1 aliphatic carbocycles. The zero-order chi connectivity index (χ0) is 8.48. The van der Waals surface area contributed by atoms with E-state index in [1.165, 1.54) is 25.7 Å². The summed E-state index contributed by atoms with van der Waals surface area (Å²) in [6, 6.07) is 0. The van der Waals surface area contributed by atoms with Crippen LogP contribution in [0.25, 0.3) is 0 Å². The Labute approximate surface area is 71.4 Å². The van der Waals surface area contributed by atoms with Gasteiger partial charge in [-0.2, -0.15) is 0 Å². The van der Waals surface area contributed by atoms with E-state index in [-0.39, 0.29) is 0 Å². The molecule has 1 aliphatic rings. The van der Waals surface area contributed by atoms with Crippen LogP contribution < -0.4 is 0 Å². The molecule has 66 valence electrons. The van der Waals surface area contributed by atoms with Crippen molar-refractivity contribution in [1.82, 2.24) is 0 Å². The molecule has 0 spiro atoms. The third-order valence-corrected chi connectivity index (χ3v) is 3.15. The van der Waals surface area contributed by atoms with Crippen molar-refractivity contribution < 1.29 is 0 Å². The summed E-state index contributed by atoms with van der Waals surface area (Å²) >= 11 is 0. The van der Waals surface area contributed by atoms with E-state index in [1.807, 2.05) is 0 Å². The van der Waals surface area contributed by atoms with Crippen LogP contribution >= 0.6 is 0 Å². The van der Waals surface area contributed by atoms with E-state index >= 15 is 0 Å². The van der Waals surface area contributed by atoms with Gasteiger partial charge in [-0.15, -0.1) is 0 Å². The highest BCUT2D eigenvalue weighted by atomic mass is 14.4. The molecular formula is C11H22. The van der Waals surface area contributed by atoms with E-state index in [9.17, 15) is 0 Å².